The van der Waals surface area contributed by atoms with E-state index in [1.54, 1.807) is 6.20 Å². The fourth-order valence-corrected chi connectivity index (χ4v) is 2.81. The van der Waals surface area contributed by atoms with Gasteiger partial charge in [-0.1, -0.05) is 0 Å². The second-order valence-corrected chi connectivity index (χ2v) is 5.25. The molecule has 3 N–H and O–H groups in total. The van der Waals surface area contributed by atoms with E-state index in [9.17, 15) is 0 Å². The topological polar surface area (TPSA) is 96.6 Å². The van der Waals surface area contributed by atoms with E-state index in [1.807, 2.05) is 13.0 Å². The van der Waals surface area contributed by atoms with Gasteiger partial charge < -0.3 is 15.6 Å². The second-order valence-electron chi connectivity index (χ2n) is 5.25. The van der Waals surface area contributed by atoms with Crippen molar-refractivity contribution in [2.24, 2.45) is 5.73 Å². The molecular formula is C13H15N7. The Kier molecular flexibility index (Phi) is 2.37. The van der Waals surface area contributed by atoms with Crippen molar-refractivity contribution in [1.82, 2.24) is 25.1 Å². The quantitative estimate of drug-likeness (QED) is 0.676. The van der Waals surface area contributed by atoms with Gasteiger partial charge in [0.25, 0.3) is 0 Å². The number of aromatic nitrogens is 5. The van der Waals surface area contributed by atoms with Crippen molar-refractivity contribution in [2.75, 3.05) is 18.0 Å². The number of nitrogens with two attached hydrogens (primary N) is 1. The zero-order valence-electron chi connectivity index (χ0n) is 11.2. The van der Waals surface area contributed by atoms with Crippen molar-refractivity contribution in [3.05, 3.63) is 18.1 Å². The standard InChI is InChI=1S/C13H15N7/c1-7-16-12-10(9-2-4-15-11(9)18-19-12)13(17-7)20-5-3-8(14)6-20/h2,4,8H,3,5-6,14H2,1H3,(H,16,17,19). The summed E-state index contributed by atoms with van der Waals surface area (Å²) in [5.74, 6) is 1.75. The smallest absolute Gasteiger partial charge is 0.182 e. The summed E-state index contributed by atoms with van der Waals surface area (Å²) in [4.78, 5) is 14.3. The number of nitrogens with one attached hydrogen (secondary N) is 1. The molecule has 7 heteroatoms. The first-order valence-electron chi connectivity index (χ1n) is 6.70. The van der Waals surface area contributed by atoms with Gasteiger partial charge in [-0.3, -0.25) is 0 Å². The Morgan fingerprint density at radius 1 is 1.40 bits per heavy atom. The minimum absolute atomic E-state index is 0.208. The van der Waals surface area contributed by atoms with Crippen molar-refractivity contribution in [3.8, 4) is 0 Å². The predicted octanol–water partition coefficient (Wildman–Crippen LogP) is 0.747. The lowest BCUT2D eigenvalue weighted by atomic mass is 10.2. The molecule has 4 heterocycles. The maximum Gasteiger partial charge on any atom is 0.182 e. The number of H-pyrrole nitrogens is 1. The third-order valence-corrected chi connectivity index (χ3v) is 3.75. The van der Waals surface area contributed by atoms with Crippen molar-refractivity contribution < 1.29 is 0 Å². The first kappa shape index (κ1) is 11.5. The Labute approximate surface area is 115 Å². The van der Waals surface area contributed by atoms with Crippen LogP contribution in [0.5, 0.6) is 0 Å². The van der Waals surface area contributed by atoms with Crippen molar-refractivity contribution in [2.45, 2.75) is 19.4 Å². The summed E-state index contributed by atoms with van der Waals surface area (Å²) in [6.07, 6.45) is 2.74. The normalized spacial score (nSPS) is 19.3. The van der Waals surface area contributed by atoms with Crippen molar-refractivity contribution in [3.63, 3.8) is 0 Å². The Hall–Kier alpha value is -2.28. The van der Waals surface area contributed by atoms with Gasteiger partial charge in [0.1, 0.15) is 11.6 Å². The summed E-state index contributed by atoms with van der Waals surface area (Å²) in [5.41, 5.74) is 7.42. The van der Waals surface area contributed by atoms with E-state index in [-0.39, 0.29) is 6.04 Å². The first-order chi connectivity index (χ1) is 9.72. The molecule has 1 aliphatic rings. The van der Waals surface area contributed by atoms with Crippen molar-refractivity contribution in [1.29, 1.82) is 0 Å². The Morgan fingerprint density at radius 2 is 2.30 bits per heavy atom. The zero-order valence-corrected chi connectivity index (χ0v) is 11.2. The number of anilines is 1. The van der Waals surface area contributed by atoms with Gasteiger partial charge in [0.05, 0.1) is 5.39 Å². The van der Waals surface area contributed by atoms with E-state index in [4.69, 9.17) is 5.73 Å². The summed E-state index contributed by atoms with van der Waals surface area (Å²) >= 11 is 0. The molecule has 3 aromatic rings. The minimum Gasteiger partial charge on any atom is -0.354 e. The molecule has 1 fully saturated rings. The Balaban J connectivity index is 2.04. The number of fused-ring (bicyclic) bond motifs is 3. The van der Waals surface area contributed by atoms with Crippen LogP contribution >= 0.6 is 0 Å². The summed E-state index contributed by atoms with van der Waals surface area (Å²) in [7, 11) is 0. The van der Waals surface area contributed by atoms with Gasteiger partial charge in [-0.15, -0.1) is 10.2 Å². The molecule has 7 nitrogen and oxygen atoms in total. The van der Waals surface area contributed by atoms with Crippen LogP contribution in [0.4, 0.5) is 5.82 Å². The van der Waals surface area contributed by atoms with Gasteiger partial charge >= 0.3 is 0 Å². The van der Waals surface area contributed by atoms with Crippen LogP contribution in [0, 0.1) is 6.92 Å². The maximum absolute atomic E-state index is 6.02. The average Bonchev–Trinajstić information content (AvgIpc) is 3.05. The van der Waals surface area contributed by atoms with Gasteiger partial charge in [-0.25, -0.2) is 9.97 Å². The number of aryl methyl sites for hydroxylation is 1. The molecule has 0 spiro atoms. The molecule has 1 atom stereocenters. The highest BCUT2D eigenvalue weighted by Crippen LogP contribution is 2.30. The molecule has 1 aliphatic heterocycles. The highest BCUT2D eigenvalue weighted by Gasteiger charge is 2.24. The third kappa shape index (κ3) is 1.63. The maximum atomic E-state index is 6.02. The van der Waals surface area contributed by atoms with E-state index in [1.165, 1.54) is 0 Å². The van der Waals surface area contributed by atoms with Crippen LogP contribution in [0.2, 0.25) is 0 Å². The lowest BCUT2D eigenvalue weighted by Crippen LogP contribution is -2.27. The van der Waals surface area contributed by atoms with Crippen LogP contribution in [0.1, 0.15) is 12.2 Å². The Morgan fingerprint density at radius 3 is 3.10 bits per heavy atom. The van der Waals surface area contributed by atoms with Crippen LogP contribution in [0.15, 0.2) is 12.3 Å². The number of hydrogen-bond acceptors (Lipinski definition) is 6. The monoisotopic (exact) mass is 269 g/mol. The van der Waals surface area contributed by atoms with Gasteiger partial charge in [0.2, 0.25) is 0 Å². The van der Waals surface area contributed by atoms with E-state index in [0.717, 1.165) is 47.6 Å². The summed E-state index contributed by atoms with van der Waals surface area (Å²) < 4.78 is 0. The van der Waals surface area contributed by atoms with Gasteiger partial charge in [-0.05, 0) is 19.4 Å². The first-order valence-corrected chi connectivity index (χ1v) is 6.70. The van der Waals surface area contributed by atoms with Crippen LogP contribution in [-0.4, -0.2) is 44.3 Å². The molecule has 0 saturated carbocycles. The molecule has 1 unspecified atom stereocenters. The molecule has 1 saturated heterocycles. The molecule has 0 aliphatic carbocycles. The van der Waals surface area contributed by atoms with Gasteiger partial charge in [0.15, 0.2) is 11.3 Å². The van der Waals surface area contributed by atoms with Crippen LogP contribution < -0.4 is 10.6 Å². The minimum atomic E-state index is 0.208. The number of rotatable bonds is 1. The molecule has 4 rings (SSSR count). The fraction of sp³-hybridized carbons (Fsp3) is 0.385. The second kappa shape index (κ2) is 4.11. The van der Waals surface area contributed by atoms with Gasteiger partial charge in [-0.2, -0.15) is 0 Å². The van der Waals surface area contributed by atoms with Crippen LogP contribution in [0.3, 0.4) is 0 Å². The van der Waals surface area contributed by atoms with E-state index >= 15 is 0 Å². The van der Waals surface area contributed by atoms with Crippen LogP contribution in [0.25, 0.3) is 22.1 Å². The van der Waals surface area contributed by atoms with E-state index < -0.39 is 0 Å². The molecule has 102 valence electrons. The molecule has 0 bridgehead atoms. The zero-order chi connectivity index (χ0) is 13.7. The van der Waals surface area contributed by atoms with Gasteiger partial charge in [0, 0.05) is 30.7 Å². The number of hydrogen-bond donors (Lipinski definition) is 2. The summed E-state index contributed by atoms with van der Waals surface area (Å²) in [5, 5.41) is 10.3. The average molecular weight is 269 g/mol. The van der Waals surface area contributed by atoms with E-state index in [0.29, 0.717) is 5.65 Å². The van der Waals surface area contributed by atoms with Crippen molar-refractivity contribution >= 4 is 27.9 Å². The highest BCUT2D eigenvalue weighted by atomic mass is 15.2. The lowest BCUT2D eigenvalue weighted by Gasteiger charge is -2.19. The van der Waals surface area contributed by atoms with Crippen LogP contribution in [-0.2, 0) is 0 Å². The lowest BCUT2D eigenvalue weighted by molar-refractivity contribution is 0.751. The molecule has 3 aromatic heterocycles. The number of nitrogens with zero attached hydrogens (tertiary/aromatic N) is 5. The predicted molar refractivity (Wildman–Crippen MR) is 76.5 cm³/mol. The van der Waals surface area contributed by atoms with E-state index in [2.05, 4.69) is 30.0 Å². The highest BCUT2D eigenvalue weighted by molar-refractivity contribution is 6.07. The molecule has 0 amide bonds. The third-order valence-electron chi connectivity index (χ3n) is 3.75. The molecular weight excluding hydrogens is 254 g/mol. The summed E-state index contributed by atoms with van der Waals surface area (Å²) in [6, 6.07) is 2.16. The molecule has 20 heavy (non-hydrogen) atoms. The fourth-order valence-electron chi connectivity index (χ4n) is 2.81. The largest absolute Gasteiger partial charge is 0.354 e. The molecule has 0 radical (unpaired) electrons. The molecule has 0 aromatic carbocycles. The Bertz CT molecular complexity index is 794. The number of aromatic amines is 1. The summed E-state index contributed by atoms with van der Waals surface area (Å²) in [6.45, 7) is 3.67. The SMILES string of the molecule is Cc1nc(N2CCC(N)C2)c2c(nnc3nccc32)[nH]1.